The van der Waals surface area contributed by atoms with E-state index in [2.05, 4.69) is 14.9 Å². The third-order valence-corrected chi connectivity index (χ3v) is 4.44. The molecule has 1 heterocycles. The van der Waals surface area contributed by atoms with Crippen molar-refractivity contribution in [1.82, 2.24) is 0 Å². The minimum atomic E-state index is -3.09. The molecule has 1 aliphatic rings. The van der Waals surface area contributed by atoms with Gasteiger partial charge in [0.15, 0.2) is 12.3 Å². The summed E-state index contributed by atoms with van der Waals surface area (Å²) >= 11 is 0.731. The van der Waals surface area contributed by atoms with Crippen LogP contribution in [0.25, 0.3) is 0 Å². The maximum atomic E-state index is 11.1. The zero-order chi connectivity index (χ0) is 10.3. The van der Waals surface area contributed by atoms with Gasteiger partial charge in [0.25, 0.3) is 0 Å². The summed E-state index contributed by atoms with van der Waals surface area (Å²) in [4.78, 5) is 0. The summed E-state index contributed by atoms with van der Waals surface area (Å²) in [6.07, 6.45) is 7.08. The highest BCUT2D eigenvalue weighted by Gasteiger charge is 2.38. The van der Waals surface area contributed by atoms with E-state index in [1.807, 2.05) is 0 Å². The summed E-state index contributed by atoms with van der Waals surface area (Å²) < 4.78 is 25.3. The average molecular weight is 240 g/mol. The van der Waals surface area contributed by atoms with Crippen molar-refractivity contribution in [3.63, 3.8) is 0 Å². The smallest absolute Gasteiger partial charge is 0.286 e. The molecule has 0 spiro atoms. The summed E-state index contributed by atoms with van der Waals surface area (Å²) in [6.45, 7) is 2.65. The Balaban J connectivity index is 1.82. The number of unbranched alkanes of at least 4 members (excludes halogenated alkanes) is 5. The predicted octanol–water partition coefficient (Wildman–Crippen LogP) is 4.08. The van der Waals surface area contributed by atoms with Gasteiger partial charge in [-0.3, -0.25) is 4.52 Å². The van der Waals surface area contributed by atoms with Crippen LogP contribution in [0.2, 0.25) is 0 Å². The number of rotatable bonds is 8. The Bertz CT molecular complexity index is 192. The molecule has 0 aromatic carbocycles. The first-order valence-corrected chi connectivity index (χ1v) is 7.19. The lowest BCUT2D eigenvalue weighted by Gasteiger charge is -2.21. The van der Waals surface area contributed by atoms with Crippen molar-refractivity contribution in [2.45, 2.75) is 45.4 Å². The Labute approximate surface area is 89.7 Å². The Hall–Kier alpha value is 0.460. The third kappa shape index (κ3) is 4.80. The van der Waals surface area contributed by atoms with E-state index in [1.54, 1.807) is 0 Å². The molecule has 6 heteroatoms. The molecule has 1 aliphatic heterocycles. The lowest BCUT2D eigenvalue weighted by atomic mass is 10.1. The Morgan fingerprint density at radius 1 is 1.14 bits per heavy atom. The van der Waals surface area contributed by atoms with Crippen LogP contribution < -0.4 is 0 Å². The average Bonchev–Trinajstić information content (AvgIpc) is 2.14. The molecule has 0 amide bonds. The van der Waals surface area contributed by atoms with E-state index in [0.29, 0.717) is 6.61 Å². The van der Waals surface area contributed by atoms with Crippen LogP contribution in [-0.2, 0) is 17.0 Å². The molecule has 4 nitrogen and oxygen atoms in total. The van der Waals surface area contributed by atoms with E-state index in [0.717, 1.165) is 25.2 Å². The number of hydrogen-bond acceptors (Lipinski definition) is 5. The summed E-state index contributed by atoms with van der Waals surface area (Å²) in [5, 5.41) is 0. The lowest BCUT2D eigenvalue weighted by molar-refractivity contribution is 0.190. The topological polar surface area (TPSA) is 44.8 Å². The van der Waals surface area contributed by atoms with Gasteiger partial charge in [-0.2, -0.15) is 7.94 Å². The van der Waals surface area contributed by atoms with Gasteiger partial charge < -0.3 is 0 Å². The molecule has 0 N–H and O–H groups in total. The van der Waals surface area contributed by atoms with Crippen LogP contribution in [0.4, 0.5) is 0 Å². The molecule has 0 saturated carbocycles. The molecular weight excluding hydrogens is 223 g/mol. The first kappa shape index (κ1) is 12.5. The van der Waals surface area contributed by atoms with Gasteiger partial charge in [-0.05, 0) is 6.42 Å². The monoisotopic (exact) mass is 240 g/mol. The van der Waals surface area contributed by atoms with E-state index >= 15 is 0 Å². The van der Waals surface area contributed by atoms with E-state index in [9.17, 15) is 4.57 Å². The molecule has 0 aliphatic carbocycles. The Morgan fingerprint density at radius 2 is 1.79 bits per heavy atom. The highest BCUT2D eigenvalue weighted by atomic mass is 32.2. The van der Waals surface area contributed by atoms with Crippen molar-refractivity contribution in [2.24, 2.45) is 0 Å². The first-order valence-electron chi connectivity index (χ1n) is 5.06. The molecular formula is C8H17O4PS. The van der Waals surface area contributed by atoms with Crippen LogP contribution >= 0.6 is 20.1 Å². The van der Waals surface area contributed by atoms with Crippen LogP contribution in [0.3, 0.4) is 0 Å². The molecule has 0 aromatic heterocycles. The largest absolute Gasteiger partial charge is 0.501 e. The number of phosphoric acid groups is 1. The van der Waals surface area contributed by atoms with Crippen LogP contribution in [0, 0.1) is 0 Å². The van der Waals surface area contributed by atoms with Crippen molar-refractivity contribution >= 4 is 20.1 Å². The van der Waals surface area contributed by atoms with Gasteiger partial charge in [0.2, 0.25) is 0 Å². The van der Waals surface area contributed by atoms with Crippen molar-refractivity contribution in [3.8, 4) is 0 Å². The third-order valence-electron chi connectivity index (χ3n) is 1.99. The van der Waals surface area contributed by atoms with Crippen LogP contribution in [0.1, 0.15) is 45.4 Å². The Morgan fingerprint density at radius 3 is 2.36 bits per heavy atom. The molecule has 0 unspecified atom stereocenters. The lowest BCUT2D eigenvalue weighted by Crippen LogP contribution is -2.01. The second-order valence-electron chi connectivity index (χ2n) is 3.27. The van der Waals surface area contributed by atoms with Gasteiger partial charge in [-0.25, -0.2) is 4.57 Å². The van der Waals surface area contributed by atoms with Gasteiger partial charge in [0, 0.05) is 0 Å². The fourth-order valence-electron chi connectivity index (χ4n) is 1.18. The summed E-state index contributed by atoms with van der Waals surface area (Å²) in [5.74, 6) is 0. The first-order chi connectivity index (χ1) is 6.77. The molecule has 14 heavy (non-hydrogen) atoms. The van der Waals surface area contributed by atoms with Crippen molar-refractivity contribution in [1.29, 1.82) is 0 Å². The van der Waals surface area contributed by atoms with Crippen molar-refractivity contribution in [2.75, 3.05) is 6.61 Å². The van der Waals surface area contributed by atoms with Crippen molar-refractivity contribution < 1.29 is 17.0 Å². The SMILES string of the molecule is CCCCCCCCOP1(=O)OSO1. The summed E-state index contributed by atoms with van der Waals surface area (Å²) in [7, 11) is -3.09. The molecule has 84 valence electrons. The normalized spacial score (nSPS) is 19.2. The second-order valence-corrected chi connectivity index (χ2v) is 5.75. The van der Waals surface area contributed by atoms with Gasteiger partial charge in [-0.1, -0.05) is 39.0 Å². The van der Waals surface area contributed by atoms with Crippen molar-refractivity contribution in [3.05, 3.63) is 0 Å². The van der Waals surface area contributed by atoms with Gasteiger partial charge in [0.05, 0.1) is 6.61 Å². The maximum absolute atomic E-state index is 11.1. The molecule has 0 bridgehead atoms. The molecule has 0 atom stereocenters. The van der Waals surface area contributed by atoms with E-state index in [1.165, 1.54) is 25.7 Å². The summed E-state index contributed by atoms with van der Waals surface area (Å²) in [6, 6.07) is 0. The highest BCUT2D eigenvalue weighted by Crippen LogP contribution is 2.65. The minimum absolute atomic E-state index is 0.462. The maximum Gasteiger partial charge on any atom is 0.501 e. The quantitative estimate of drug-likeness (QED) is 0.363. The van der Waals surface area contributed by atoms with Gasteiger partial charge in [-0.15, -0.1) is 0 Å². The van der Waals surface area contributed by atoms with E-state index < -0.39 is 7.82 Å². The van der Waals surface area contributed by atoms with E-state index in [-0.39, 0.29) is 0 Å². The second kappa shape index (κ2) is 6.85. The fraction of sp³-hybridized carbons (Fsp3) is 1.00. The van der Waals surface area contributed by atoms with E-state index in [4.69, 9.17) is 4.52 Å². The van der Waals surface area contributed by atoms with Crippen LogP contribution in [-0.4, -0.2) is 6.61 Å². The Kier molecular flexibility index (Phi) is 6.13. The zero-order valence-electron chi connectivity index (χ0n) is 8.44. The zero-order valence-corrected chi connectivity index (χ0v) is 10.1. The predicted molar refractivity (Wildman–Crippen MR) is 56.7 cm³/mol. The molecule has 0 aromatic rings. The fourth-order valence-corrected chi connectivity index (χ4v) is 2.52. The van der Waals surface area contributed by atoms with Crippen LogP contribution in [0.15, 0.2) is 0 Å². The number of hydrogen-bond donors (Lipinski definition) is 0. The van der Waals surface area contributed by atoms with Gasteiger partial charge >= 0.3 is 7.82 Å². The van der Waals surface area contributed by atoms with Gasteiger partial charge in [0.1, 0.15) is 0 Å². The molecule has 1 fully saturated rings. The molecule has 1 saturated heterocycles. The molecule has 0 radical (unpaired) electrons. The standard InChI is InChI=1S/C8H17O4PS/c1-2-3-4-5-6-7-8-10-13(9)11-14-12-13/h2-8H2,1H3. The highest BCUT2D eigenvalue weighted by molar-refractivity contribution is 8.02. The summed E-state index contributed by atoms with van der Waals surface area (Å²) in [5.41, 5.74) is 0. The minimum Gasteiger partial charge on any atom is -0.286 e. The van der Waals surface area contributed by atoms with Crippen LogP contribution in [0.5, 0.6) is 0 Å². The molecule has 1 rings (SSSR count).